The van der Waals surface area contributed by atoms with Crippen LogP contribution in [0.3, 0.4) is 0 Å². The molecule has 0 aliphatic carbocycles. The molecule has 0 aromatic heterocycles. The van der Waals surface area contributed by atoms with E-state index in [1.165, 1.54) is 17.7 Å². The number of aryl methyl sites for hydroxylation is 1. The monoisotopic (exact) mass is 274 g/mol. The molecule has 2 nitrogen and oxygen atoms in total. The summed E-state index contributed by atoms with van der Waals surface area (Å²) in [6.45, 7) is 0.378. The predicted molar refractivity (Wildman–Crippen MR) is 77.2 cm³/mol. The molecule has 0 fully saturated rings. The van der Waals surface area contributed by atoms with Gasteiger partial charge in [0.15, 0.2) is 0 Å². The summed E-state index contributed by atoms with van der Waals surface area (Å²) < 4.78 is 18.7. The summed E-state index contributed by atoms with van der Waals surface area (Å²) >= 11 is 0. The maximum absolute atomic E-state index is 13.2. The molecule has 0 bridgehead atoms. The van der Waals surface area contributed by atoms with E-state index in [1.54, 1.807) is 6.07 Å². The lowest BCUT2D eigenvalue weighted by Gasteiger charge is -2.08. The highest BCUT2D eigenvalue weighted by molar-refractivity contribution is 5.29. The number of ether oxygens (including phenoxy) is 1. The molecule has 20 heavy (non-hydrogen) atoms. The van der Waals surface area contributed by atoms with Crippen molar-refractivity contribution in [3.63, 3.8) is 0 Å². The fourth-order valence-corrected chi connectivity index (χ4v) is 2.06. The van der Waals surface area contributed by atoms with Gasteiger partial charge in [-0.15, -0.1) is 0 Å². The molecule has 0 unspecified atom stereocenters. The Morgan fingerprint density at radius 3 is 2.50 bits per heavy atom. The first-order valence-corrected chi connectivity index (χ1v) is 6.85. The third-order valence-electron chi connectivity index (χ3n) is 3.09. The average Bonchev–Trinajstić information content (AvgIpc) is 2.47. The number of unbranched alkanes of at least 4 members (excludes halogenated alkanes) is 1. The van der Waals surface area contributed by atoms with E-state index < -0.39 is 0 Å². The summed E-state index contributed by atoms with van der Waals surface area (Å²) in [5, 5.41) is 9.00. The van der Waals surface area contributed by atoms with Crippen molar-refractivity contribution in [2.45, 2.75) is 25.9 Å². The molecule has 2 aromatic carbocycles. The second kappa shape index (κ2) is 7.65. The van der Waals surface area contributed by atoms with Gasteiger partial charge in [0.05, 0.1) is 13.2 Å². The van der Waals surface area contributed by atoms with E-state index in [0.717, 1.165) is 19.3 Å². The van der Waals surface area contributed by atoms with E-state index in [9.17, 15) is 4.39 Å². The van der Waals surface area contributed by atoms with Crippen molar-refractivity contribution >= 4 is 0 Å². The van der Waals surface area contributed by atoms with Crippen LogP contribution in [0.2, 0.25) is 0 Å². The van der Waals surface area contributed by atoms with Crippen LogP contribution in [0.1, 0.15) is 24.0 Å². The maximum atomic E-state index is 13.2. The zero-order valence-electron chi connectivity index (χ0n) is 11.4. The van der Waals surface area contributed by atoms with Gasteiger partial charge in [-0.3, -0.25) is 0 Å². The zero-order chi connectivity index (χ0) is 14.2. The first kappa shape index (κ1) is 14.5. The van der Waals surface area contributed by atoms with Crippen molar-refractivity contribution in [3.8, 4) is 5.75 Å². The largest absolute Gasteiger partial charge is 0.493 e. The van der Waals surface area contributed by atoms with Crippen LogP contribution in [0, 0.1) is 5.82 Å². The first-order chi connectivity index (χ1) is 9.78. The van der Waals surface area contributed by atoms with Gasteiger partial charge in [0.25, 0.3) is 0 Å². The molecule has 0 heterocycles. The van der Waals surface area contributed by atoms with Crippen molar-refractivity contribution < 1.29 is 14.2 Å². The Morgan fingerprint density at radius 1 is 0.950 bits per heavy atom. The van der Waals surface area contributed by atoms with Crippen LogP contribution in [0.4, 0.5) is 4.39 Å². The summed E-state index contributed by atoms with van der Waals surface area (Å²) in [6, 6.07) is 14.6. The van der Waals surface area contributed by atoms with Gasteiger partial charge >= 0.3 is 0 Å². The highest BCUT2D eigenvalue weighted by Gasteiger charge is 2.01. The van der Waals surface area contributed by atoms with Crippen molar-refractivity contribution in [3.05, 3.63) is 65.5 Å². The van der Waals surface area contributed by atoms with Crippen LogP contribution in [-0.4, -0.2) is 11.7 Å². The number of hydrogen-bond acceptors (Lipinski definition) is 2. The third-order valence-corrected chi connectivity index (χ3v) is 3.09. The maximum Gasteiger partial charge on any atom is 0.127 e. The summed E-state index contributed by atoms with van der Waals surface area (Å²) in [6.07, 6.45) is 2.97. The van der Waals surface area contributed by atoms with Crippen LogP contribution in [-0.2, 0) is 13.0 Å². The molecule has 0 saturated heterocycles. The van der Waals surface area contributed by atoms with Gasteiger partial charge < -0.3 is 9.84 Å². The molecule has 106 valence electrons. The predicted octanol–water partition coefficient (Wildman–Crippen LogP) is 3.72. The average molecular weight is 274 g/mol. The lowest BCUT2D eigenvalue weighted by Crippen LogP contribution is -1.99. The van der Waals surface area contributed by atoms with E-state index in [0.29, 0.717) is 17.9 Å². The first-order valence-electron chi connectivity index (χ1n) is 6.85. The molecule has 0 atom stereocenters. The number of rotatable bonds is 7. The van der Waals surface area contributed by atoms with Crippen LogP contribution < -0.4 is 4.74 Å². The smallest absolute Gasteiger partial charge is 0.127 e. The van der Waals surface area contributed by atoms with Gasteiger partial charge in [-0.1, -0.05) is 30.3 Å². The second-order valence-corrected chi connectivity index (χ2v) is 4.74. The number of aliphatic hydroxyl groups excluding tert-OH is 1. The van der Waals surface area contributed by atoms with E-state index in [4.69, 9.17) is 9.84 Å². The van der Waals surface area contributed by atoms with Crippen molar-refractivity contribution in [1.29, 1.82) is 0 Å². The van der Waals surface area contributed by atoms with Crippen LogP contribution in [0.25, 0.3) is 0 Å². The molecule has 3 heteroatoms. The molecule has 0 aliphatic rings. The summed E-state index contributed by atoms with van der Waals surface area (Å²) in [4.78, 5) is 0. The molecule has 0 spiro atoms. The second-order valence-electron chi connectivity index (χ2n) is 4.74. The van der Waals surface area contributed by atoms with Gasteiger partial charge in [0.1, 0.15) is 11.6 Å². The Labute approximate surface area is 118 Å². The number of benzene rings is 2. The minimum atomic E-state index is -0.379. The van der Waals surface area contributed by atoms with Crippen molar-refractivity contribution in [1.82, 2.24) is 0 Å². The zero-order valence-corrected chi connectivity index (χ0v) is 11.4. The number of hydrogen-bond donors (Lipinski definition) is 1. The van der Waals surface area contributed by atoms with Gasteiger partial charge in [0, 0.05) is 6.07 Å². The Balaban J connectivity index is 1.72. The fourth-order valence-electron chi connectivity index (χ4n) is 2.06. The lowest BCUT2D eigenvalue weighted by molar-refractivity contribution is 0.277. The summed E-state index contributed by atoms with van der Waals surface area (Å²) in [5.41, 5.74) is 1.85. The quantitative estimate of drug-likeness (QED) is 0.780. The molecule has 1 N–H and O–H groups in total. The molecule has 0 radical (unpaired) electrons. The van der Waals surface area contributed by atoms with E-state index in [-0.39, 0.29) is 12.4 Å². The summed E-state index contributed by atoms with van der Waals surface area (Å²) in [5.74, 6) is 0.101. The minimum Gasteiger partial charge on any atom is -0.493 e. The highest BCUT2D eigenvalue weighted by Crippen LogP contribution is 2.17. The fraction of sp³-hybridized carbons (Fsp3) is 0.294. The number of halogens is 1. The molecular formula is C17H19FO2. The van der Waals surface area contributed by atoms with Crippen LogP contribution in [0.5, 0.6) is 5.75 Å². The Hall–Kier alpha value is -1.87. The molecule has 0 aliphatic heterocycles. The Morgan fingerprint density at radius 2 is 1.75 bits per heavy atom. The molecule has 2 rings (SSSR count). The Bertz CT molecular complexity index is 526. The minimum absolute atomic E-state index is 0.178. The van der Waals surface area contributed by atoms with Gasteiger partial charge in [-0.2, -0.15) is 0 Å². The normalized spacial score (nSPS) is 10.5. The van der Waals surface area contributed by atoms with E-state index in [2.05, 4.69) is 12.1 Å². The molecule has 0 saturated carbocycles. The third kappa shape index (κ3) is 4.67. The summed E-state index contributed by atoms with van der Waals surface area (Å²) in [7, 11) is 0. The van der Waals surface area contributed by atoms with Gasteiger partial charge in [0.2, 0.25) is 0 Å². The topological polar surface area (TPSA) is 29.5 Å². The molecular weight excluding hydrogens is 255 g/mol. The van der Waals surface area contributed by atoms with Gasteiger partial charge in [-0.25, -0.2) is 4.39 Å². The molecule has 2 aromatic rings. The lowest BCUT2D eigenvalue weighted by atomic mass is 10.1. The Kier molecular flexibility index (Phi) is 5.56. The van der Waals surface area contributed by atoms with Crippen LogP contribution >= 0.6 is 0 Å². The van der Waals surface area contributed by atoms with Crippen molar-refractivity contribution in [2.75, 3.05) is 6.61 Å². The van der Waals surface area contributed by atoms with E-state index in [1.807, 2.05) is 18.2 Å². The molecule has 0 amide bonds. The highest BCUT2D eigenvalue weighted by atomic mass is 19.1. The van der Waals surface area contributed by atoms with E-state index >= 15 is 0 Å². The van der Waals surface area contributed by atoms with Crippen molar-refractivity contribution in [2.24, 2.45) is 0 Å². The number of aliphatic hydroxyl groups is 1. The van der Waals surface area contributed by atoms with Gasteiger partial charge in [-0.05, 0) is 42.5 Å². The standard InChI is InChI=1S/C17H19FO2/c18-16-10-15(13-19)11-17(12-16)20-9-5-4-8-14-6-2-1-3-7-14/h1-3,6-7,10-12,19H,4-5,8-9,13H2. The SMILES string of the molecule is OCc1cc(F)cc(OCCCCc2ccccc2)c1. The van der Waals surface area contributed by atoms with Crippen LogP contribution in [0.15, 0.2) is 48.5 Å².